The molecule has 3 atom stereocenters. The van der Waals surface area contributed by atoms with Gasteiger partial charge in [0, 0.05) is 13.8 Å². The van der Waals surface area contributed by atoms with Crippen molar-refractivity contribution >= 4 is 11.9 Å². The predicted octanol–water partition coefficient (Wildman–Crippen LogP) is 2.14. The molecule has 1 rings (SSSR count). The molecule has 3 unspecified atom stereocenters. The van der Waals surface area contributed by atoms with Crippen LogP contribution in [0.5, 0.6) is 0 Å². The van der Waals surface area contributed by atoms with Crippen molar-refractivity contribution in [2.24, 2.45) is 0 Å². The van der Waals surface area contributed by atoms with Crippen molar-refractivity contribution in [3.05, 3.63) is 24.8 Å². The summed E-state index contributed by atoms with van der Waals surface area (Å²) < 4.78 is 21.3. The molecule has 1 aliphatic rings. The van der Waals surface area contributed by atoms with Crippen LogP contribution in [0.3, 0.4) is 0 Å². The van der Waals surface area contributed by atoms with Crippen LogP contribution in [0.4, 0.5) is 0 Å². The molecular formula is C16H24O6. The maximum absolute atomic E-state index is 11.1. The van der Waals surface area contributed by atoms with Gasteiger partial charge in [0.2, 0.25) is 0 Å². The lowest BCUT2D eigenvalue weighted by Gasteiger charge is -2.31. The molecule has 0 amide bonds. The van der Waals surface area contributed by atoms with Gasteiger partial charge in [0.15, 0.2) is 6.29 Å². The minimum atomic E-state index is -0.586. The largest absolute Gasteiger partial charge is 0.463 e. The zero-order valence-electron chi connectivity index (χ0n) is 13.2. The van der Waals surface area contributed by atoms with Crippen LogP contribution in [0.25, 0.3) is 0 Å². The second kappa shape index (κ2) is 10.1. The number of allylic oxidation sites excluding steroid dienone is 1. The first-order chi connectivity index (χ1) is 10.5. The van der Waals surface area contributed by atoms with Gasteiger partial charge in [-0.3, -0.25) is 9.59 Å². The average molecular weight is 312 g/mol. The Morgan fingerprint density at radius 2 is 2.00 bits per heavy atom. The number of esters is 2. The standard InChI is InChI=1S/C16H24O6/c1-4-5-6-7-10-19-16-9-8-14(21-13(3)18)15(22-16)11-20-12(2)17/h4,8-9,14-16H,1,5-7,10-11H2,2-3H3. The highest BCUT2D eigenvalue weighted by atomic mass is 16.7. The van der Waals surface area contributed by atoms with Crippen LogP contribution in [0.1, 0.15) is 33.1 Å². The highest BCUT2D eigenvalue weighted by Gasteiger charge is 2.30. The van der Waals surface area contributed by atoms with Gasteiger partial charge in [-0.05, 0) is 31.4 Å². The van der Waals surface area contributed by atoms with E-state index in [0.29, 0.717) is 6.61 Å². The second-order valence-corrected chi connectivity index (χ2v) is 4.96. The molecule has 124 valence electrons. The topological polar surface area (TPSA) is 71.1 Å². The SMILES string of the molecule is C=CCCCCOC1C=CC(OC(C)=O)C(COC(C)=O)O1. The minimum Gasteiger partial charge on any atom is -0.463 e. The van der Waals surface area contributed by atoms with Crippen molar-refractivity contribution in [2.75, 3.05) is 13.2 Å². The third-order valence-electron chi connectivity index (χ3n) is 2.97. The van der Waals surface area contributed by atoms with E-state index in [1.54, 1.807) is 12.2 Å². The first-order valence-corrected chi connectivity index (χ1v) is 7.39. The molecule has 22 heavy (non-hydrogen) atoms. The van der Waals surface area contributed by atoms with E-state index in [9.17, 15) is 9.59 Å². The highest BCUT2D eigenvalue weighted by Crippen LogP contribution is 2.18. The summed E-state index contributed by atoms with van der Waals surface area (Å²) in [5.74, 6) is -0.837. The zero-order valence-corrected chi connectivity index (χ0v) is 13.2. The molecule has 0 aliphatic carbocycles. The molecule has 0 aromatic carbocycles. The van der Waals surface area contributed by atoms with Gasteiger partial charge in [-0.2, -0.15) is 0 Å². The van der Waals surface area contributed by atoms with Crippen molar-refractivity contribution in [1.29, 1.82) is 0 Å². The maximum atomic E-state index is 11.1. The van der Waals surface area contributed by atoms with Crippen LogP contribution in [-0.4, -0.2) is 43.7 Å². The Hall–Kier alpha value is -1.66. The van der Waals surface area contributed by atoms with Crippen molar-refractivity contribution in [3.63, 3.8) is 0 Å². The molecule has 0 fully saturated rings. The van der Waals surface area contributed by atoms with Crippen molar-refractivity contribution in [2.45, 2.75) is 51.6 Å². The monoisotopic (exact) mass is 312 g/mol. The molecule has 6 nitrogen and oxygen atoms in total. The number of ether oxygens (including phenoxy) is 4. The number of unbranched alkanes of at least 4 members (excludes halogenated alkanes) is 2. The zero-order chi connectivity index (χ0) is 16.4. The fourth-order valence-electron chi connectivity index (χ4n) is 1.94. The smallest absolute Gasteiger partial charge is 0.303 e. The van der Waals surface area contributed by atoms with E-state index < -0.39 is 30.4 Å². The van der Waals surface area contributed by atoms with Gasteiger partial charge in [0.05, 0.1) is 6.61 Å². The van der Waals surface area contributed by atoms with Crippen molar-refractivity contribution < 1.29 is 28.5 Å². The van der Waals surface area contributed by atoms with E-state index in [0.717, 1.165) is 19.3 Å². The fraction of sp³-hybridized carbons (Fsp3) is 0.625. The minimum absolute atomic E-state index is 0.00788. The van der Waals surface area contributed by atoms with E-state index in [1.807, 2.05) is 6.08 Å². The van der Waals surface area contributed by atoms with Crippen LogP contribution >= 0.6 is 0 Å². The molecular weight excluding hydrogens is 288 g/mol. The Morgan fingerprint density at radius 3 is 2.64 bits per heavy atom. The third kappa shape index (κ3) is 7.38. The number of carbonyl (C=O) groups is 2. The Morgan fingerprint density at radius 1 is 1.23 bits per heavy atom. The number of carbonyl (C=O) groups excluding carboxylic acids is 2. The van der Waals surface area contributed by atoms with Crippen LogP contribution in [0, 0.1) is 0 Å². The molecule has 0 saturated carbocycles. The third-order valence-corrected chi connectivity index (χ3v) is 2.97. The number of hydrogen-bond donors (Lipinski definition) is 0. The summed E-state index contributed by atoms with van der Waals surface area (Å²) in [7, 11) is 0. The van der Waals surface area contributed by atoms with Crippen molar-refractivity contribution in [1.82, 2.24) is 0 Å². The van der Waals surface area contributed by atoms with Gasteiger partial charge < -0.3 is 18.9 Å². The summed E-state index contributed by atoms with van der Waals surface area (Å²) in [5, 5.41) is 0. The van der Waals surface area contributed by atoms with E-state index in [1.165, 1.54) is 13.8 Å². The lowest BCUT2D eigenvalue weighted by atomic mass is 10.1. The van der Waals surface area contributed by atoms with Crippen LogP contribution in [0.15, 0.2) is 24.8 Å². The Balaban J connectivity index is 2.47. The van der Waals surface area contributed by atoms with E-state index in [-0.39, 0.29) is 6.61 Å². The fourth-order valence-corrected chi connectivity index (χ4v) is 1.94. The summed E-state index contributed by atoms with van der Waals surface area (Å²) in [6, 6.07) is 0. The molecule has 0 aromatic heterocycles. The Bertz CT molecular complexity index is 403. The van der Waals surface area contributed by atoms with Gasteiger partial charge in [-0.25, -0.2) is 0 Å². The van der Waals surface area contributed by atoms with E-state index in [2.05, 4.69) is 6.58 Å². The van der Waals surface area contributed by atoms with Crippen LogP contribution in [-0.2, 0) is 28.5 Å². The molecule has 0 N–H and O–H groups in total. The van der Waals surface area contributed by atoms with Crippen LogP contribution < -0.4 is 0 Å². The Kier molecular flexibility index (Phi) is 8.47. The van der Waals surface area contributed by atoms with Gasteiger partial charge in [0.25, 0.3) is 0 Å². The molecule has 0 radical (unpaired) electrons. The van der Waals surface area contributed by atoms with Gasteiger partial charge in [-0.1, -0.05) is 6.08 Å². The van der Waals surface area contributed by atoms with E-state index in [4.69, 9.17) is 18.9 Å². The lowest BCUT2D eigenvalue weighted by molar-refractivity contribution is -0.197. The number of rotatable bonds is 9. The quantitative estimate of drug-likeness (QED) is 0.369. The molecule has 0 spiro atoms. The van der Waals surface area contributed by atoms with Gasteiger partial charge in [0.1, 0.15) is 18.8 Å². The first kappa shape index (κ1) is 18.4. The van der Waals surface area contributed by atoms with Crippen LogP contribution in [0.2, 0.25) is 0 Å². The molecule has 1 aliphatic heterocycles. The molecule has 0 bridgehead atoms. The van der Waals surface area contributed by atoms with Gasteiger partial charge >= 0.3 is 11.9 Å². The lowest BCUT2D eigenvalue weighted by Crippen LogP contribution is -2.42. The Labute approximate surface area is 131 Å². The number of hydrogen-bond acceptors (Lipinski definition) is 6. The summed E-state index contributed by atoms with van der Waals surface area (Å²) in [6.45, 7) is 6.86. The summed E-state index contributed by atoms with van der Waals surface area (Å²) in [6.07, 6.45) is 6.45. The first-order valence-electron chi connectivity index (χ1n) is 7.39. The summed E-state index contributed by atoms with van der Waals surface area (Å²) >= 11 is 0. The van der Waals surface area contributed by atoms with Gasteiger partial charge in [-0.15, -0.1) is 6.58 Å². The predicted molar refractivity (Wildman–Crippen MR) is 80.0 cm³/mol. The second-order valence-electron chi connectivity index (χ2n) is 4.96. The molecule has 1 heterocycles. The summed E-state index contributed by atoms with van der Waals surface area (Å²) in [4.78, 5) is 22.0. The molecule has 6 heteroatoms. The maximum Gasteiger partial charge on any atom is 0.303 e. The molecule has 0 aromatic rings. The normalized spacial score (nSPS) is 23.8. The summed E-state index contributed by atoms with van der Waals surface area (Å²) in [5.41, 5.74) is 0. The van der Waals surface area contributed by atoms with Crippen molar-refractivity contribution in [3.8, 4) is 0 Å². The highest BCUT2D eigenvalue weighted by molar-refractivity contribution is 5.66. The average Bonchev–Trinajstić information content (AvgIpc) is 2.46. The van der Waals surface area contributed by atoms with E-state index >= 15 is 0 Å². The molecule has 0 saturated heterocycles.